The van der Waals surface area contributed by atoms with Gasteiger partial charge in [-0.2, -0.15) is 13.2 Å². The van der Waals surface area contributed by atoms with Crippen molar-refractivity contribution in [3.8, 4) is 0 Å². The van der Waals surface area contributed by atoms with Crippen molar-refractivity contribution in [1.82, 2.24) is 14.7 Å². The summed E-state index contributed by atoms with van der Waals surface area (Å²) in [5.41, 5.74) is 0.310. The molecule has 2 saturated heterocycles. The first-order valence-electron chi connectivity index (χ1n) is 10.9. The fraction of sp³-hybridized carbons (Fsp3) is 0.417. The van der Waals surface area contributed by atoms with Gasteiger partial charge < -0.3 is 9.80 Å². The molecular formula is C24H26F3N3O2. The van der Waals surface area contributed by atoms with Gasteiger partial charge in [0.15, 0.2) is 0 Å². The van der Waals surface area contributed by atoms with E-state index in [9.17, 15) is 22.8 Å². The highest BCUT2D eigenvalue weighted by molar-refractivity contribution is 5.94. The fourth-order valence-corrected chi connectivity index (χ4v) is 4.49. The summed E-state index contributed by atoms with van der Waals surface area (Å²) < 4.78 is 39.0. The van der Waals surface area contributed by atoms with Crippen molar-refractivity contribution in [3.05, 3.63) is 71.3 Å². The highest BCUT2D eigenvalue weighted by Gasteiger charge is 2.37. The SMILES string of the molecule is O=C(c1cccc(C(F)(F)F)c1)N1CCCN([C@H]2CCN(Cc3ccccc3)C2=O)CC1. The van der Waals surface area contributed by atoms with Crippen LogP contribution in [0.15, 0.2) is 54.6 Å². The molecule has 5 nitrogen and oxygen atoms in total. The van der Waals surface area contributed by atoms with Crippen LogP contribution in [0.1, 0.15) is 34.3 Å². The Hall–Kier alpha value is -2.87. The molecule has 4 rings (SSSR count). The molecule has 170 valence electrons. The Balaban J connectivity index is 1.37. The number of nitrogens with zero attached hydrogens (tertiary/aromatic N) is 3. The lowest BCUT2D eigenvalue weighted by molar-refractivity contribution is -0.137. The number of benzene rings is 2. The van der Waals surface area contributed by atoms with Crippen molar-refractivity contribution < 1.29 is 22.8 Å². The van der Waals surface area contributed by atoms with Gasteiger partial charge in [-0.05, 0) is 36.6 Å². The van der Waals surface area contributed by atoms with Crippen molar-refractivity contribution in [1.29, 1.82) is 0 Å². The molecule has 8 heteroatoms. The van der Waals surface area contributed by atoms with E-state index in [1.54, 1.807) is 4.90 Å². The van der Waals surface area contributed by atoms with Crippen LogP contribution in [0.2, 0.25) is 0 Å². The van der Waals surface area contributed by atoms with E-state index in [1.807, 2.05) is 35.2 Å². The zero-order valence-corrected chi connectivity index (χ0v) is 17.7. The van der Waals surface area contributed by atoms with Gasteiger partial charge in [-0.3, -0.25) is 14.5 Å². The Bertz CT molecular complexity index is 964. The number of hydrogen-bond acceptors (Lipinski definition) is 3. The zero-order valence-electron chi connectivity index (χ0n) is 17.7. The molecule has 0 bridgehead atoms. The average molecular weight is 445 g/mol. The molecule has 0 unspecified atom stereocenters. The maximum Gasteiger partial charge on any atom is 0.416 e. The van der Waals surface area contributed by atoms with E-state index >= 15 is 0 Å². The monoisotopic (exact) mass is 445 g/mol. The average Bonchev–Trinajstić information content (AvgIpc) is 2.99. The van der Waals surface area contributed by atoms with Crippen LogP contribution in [-0.2, 0) is 17.5 Å². The van der Waals surface area contributed by atoms with Crippen molar-refractivity contribution in [2.45, 2.75) is 31.6 Å². The third kappa shape index (κ3) is 4.96. The van der Waals surface area contributed by atoms with Crippen molar-refractivity contribution in [3.63, 3.8) is 0 Å². The quantitative estimate of drug-likeness (QED) is 0.722. The van der Waals surface area contributed by atoms with Crippen LogP contribution in [0.25, 0.3) is 0 Å². The molecule has 2 fully saturated rings. The summed E-state index contributed by atoms with van der Waals surface area (Å²) >= 11 is 0. The maximum absolute atomic E-state index is 13.0. The van der Waals surface area contributed by atoms with E-state index in [4.69, 9.17) is 0 Å². The first-order chi connectivity index (χ1) is 15.3. The molecule has 0 saturated carbocycles. The number of rotatable bonds is 4. The molecule has 1 atom stereocenters. The first kappa shape index (κ1) is 22.3. The van der Waals surface area contributed by atoms with Crippen LogP contribution >= 0.6 is 0 Å². The van der Waals surface area contributed by atoms with E-state index in [1.165, 1.54) is 12.1 Å². The van der Waals surface area contributed by atoms with Crippen LogP contribution < -0.4 is 0 Å². The molecule has 0 spiro atoms. The maximum atomic E-state index is 13.0. The Morgan fingerprint density at radius 1 is 0.938 bits per heavy atom. The number of carbonyl (C=O) groups is 2. The Kier molecular flexibility index (Phi) is 6.50. The van der Waals surface area contributed by atoms with Gasteiger partial charge in [-0.1, -0.05) is 36.4 Å². The standard InChI is InChI=1S/C24H26F3N3O2/c25-24(26,27)20-9-4-8-19(16-20)22(31)29-12-5-11-28(14-15-29)21-10-13-30(23(21)32)17-18-6-2-1-3-7-18/h1-4,6-9,16,21H,5,10-15,17H2/t21-/m0/s1. The van der Waals surface area contributed by atoms with Gasteiger partial charge in [-0.15, -0.1) is 0 Å². The van der Waals surface area contributed by atoms with Gasteiger partial charge in [0.25, 0.3) is 5.91 Å². The second-order valence-electron chi connectivity index (χ2n) is 8.31. The Morgan fingerprint density at radius 3 is 2.47 bits per heavy atom. The summed E-state index contributed by atoms with van der Waals surface area (Å²) in [5, 5.41) is 0. The third-order valence-corrected chi connectivity index (χ3v) is 6.18. The predicted molar refractivity (Wildman–Crippen MR) is 114 cm³/mol. The second-order valence-corrected chi connectivity index (χ2v) is 8.31. The molecule has 2 aliphatic rings. The van der Waals surface area contributed by atoms with Gasteiger partial charge in [0.2, 0.25) is 5.91 Å². The molecule has 0 radical (unpaired) electrons. The molecule has 32 heavy (non-hydrogen) atoms. The van der Waals surface area contributed by atoms with Crippen molar-refractivity contribution >= 4 is 11.8 Å². The van der Waals surface area contributed by atoms with Crippen LogP contribution in [-0.4, -0.2) is 65.3 Å². The van der Waals surface area contributed by atoms with E-state index in [2.05, 4.69) is 4.90 Å². The minimum atomic E-state index is -4.49. The van der Waals surface area contributed by atoms with Gasteiger partial charge in [0.1, 0.15) is 0 Å². The lowest BCUT2D eigenvalue weighted by Gasteiger charge is -2.27. The smallest absolute Gasteiger partial charge is 0.337 e. The third-order valence-electron chi connectivity index (χ3n) is 6.18. The van der Waals surface area contributed by atoms with E-state index in [-0.39, 0.29) is 17.5 Å². The van der Waals surface area contributed by atoms with Gasteiger partial charge >= 0.3 is 6.18 Å². The van der Waals surface area contributed by atoms with Crippen LogP contribution in [0.5, 0.6) is 0 Å². The molecule has 0 aliphatic carbocycles. The van der Waals surface area contributed by atoms with Crippen molar-refractivity contribution in [2.75, 3.05) is 32.7 Å². The van der Waals surface area contributed by atoms with Gasteiger partial charge in [-0.25, -0.2) is 0 Å². The number of amides is 2. The fourth-order valence-electron chi connectivity index (χ4n) is 4.49. The number of likely N-dealkylation sites (tertiary alicyclic amines) is 1. The van der Waals surface area contributed by atoms with Crippen LogP contribution in [0.3, 0.4) is 0 Å². The topological polar surface area (TPSA) is 43.9 Å². The highest BCUT2D eigenvalue weighted by Crippen LogP contribution is 2.30. The number of halogens is 3. The zero-order chi connectivity index (χ0) is 22.7. The summed E-state index contributed by atoms with van der Waals surface area (Å²) in [6.45, 7) is 3.34. The number of carbonyl (C=O) groups excluding carboxylic acids is 2. The van der Waals surface area contributed by atoms with Crippen LogP contribution in [0.4, 0.5) is 13.2 Å². The minimum absolute atomic E-state index is 0.0410. The summed E-state index contributed by atoms with van der Waals surface area (Å²) in [4.78, 5) is 31.4. The normalized spacial score (nSPS) is 20.5. The first-order valence-corrected chi connectivity index (χ1v) is 10.9. The second kappa shape index (κ2) is 9.32. The lowest BCUT2D eigenvalue weighted by Crippen LogP contribution is -2.44. The largest absolute Gasteiger partial charge is 0.416 e. The van der Waals surface area contributed by atoms with E-state index in [0.29, 0.717) is 45.7 Å². The number of alkyl halides is 3. The summed E-state index contributed by atoms with van der Waals surface area (Å²) in [6.07, 6.45) is -3.07. The predicted octanol–water partition coefficient (Wildman–Crippen LogP) is 3.65. The van der Waals surface area contributed by atoms with Gasteiger partial charge in [0, 0.05) is 44.8 Å². The molecule has 2 aromatic rings. The van der Waals surface area contributed by atoms with Crippen molar-refractivity contribution in [2.24, 2.45) is 0 Å². The molecule has 2 aromatic carbocycles. The molecule has 2 amide bonds. The summed E-state index contributed by atoms with van der Waals surface area (Å²) in [5.74, 6) is -0.298. The minimum Gasteiger partial charge on any atom is -0.337 e. The molecule has 2 heterocycles. The van der Waals surface area contributed by atoms with Gasteiger partial charge in [0.05, 0.1) is 11.6 Å². The van der Waals surface area contributed by atoms with E-state index in [0.717, 1.165) is 24.1 Å². The summed E-state index contributed by atoms with van der Waals surface area (Å²) in [6, 6.07) is 14.2. The molecule has 0 aromatic heterocycles. The highest BCUT2D eigenvalue weighted by atomic mass is 19.4. The van der Waals surface area contributed by atoms with Crippen LogP contribution in [0, 0.1) is 0 Å². The lowest BCUT2D eigenvalue weighted by atomic mass is 10.1. The summed E-state index contributed by atoms with van der Waals surface area (Å²) in [7, 11) is 0. The molecular weight excluding hydrogens is 419 g/mol. The Morgan fingerprint density at radius 2 is 1.72 bits per heavy atom. The Labute approximate surface area is 185 Å². The van der Waals surface area contributed by atoms with E-state index < -0.39 is 17.6 Å². The molecule has 0 N–H and O–H groups in total. The molecule has 2 aliphatic heterocycles. The number of hydrogen-bond donors (Lipinski definition) is 0.